The van der Waals surface area contributed by atoms with Crippen molar-refractivity contribution in [2.75, 3.05) is 0 Å². The first-order valence-corrected chi connectivity index (χ1v) is 6.66. The van der Waals surface area contributed by atoms with Crippen molar-refractivity contribution in [3.63, 3.8) is 0 Å². The highest BCUT2D eigenvalue weighted by Crippen LogP contribution is 2.18. The molecule has 0 fully saturated rings. The number of hydrogen-bond acceptors (Lipinski definition) is 2. The van der Waals surface area contributed by atoms with Crippen molar-refractivity contribution >= 4 is 16.7 Å². The van der Waals surface area contributed by atoms with E-state index in [-0.39, 0.29) is 5.78 Å². The molecule has 0 aliphatic rings. The van der Waals surface area contributed by atoms with Crippen molar-refractivity contribution < 1.29 is 4.79 Å². The van der Waals surface area contributed by atoms with Crippen molar-refractivity contribution in [1.29, 1.82) is 0 Å². The van der Waals surface area contributed by atoms with Gasteiger partial charge in [0.1, 0.15) is 0 Å². The zero-order valence-electron chi connectivity index (χ0n) is 11.3. The molecule has 1 heterocycles. The number of para-hydroxylation sites is 1. The summed E-state index contributed by atoms with van der Waals surface area (Å²) in [5, 5.41) is 1.07. The molecular formula is C18H15NO. The van der Waals surface area contributed by atoms with Crippen molar-refractivity contribution in [2.24, 2.45) is 0 Å². The maximum absolute atomic E-state index is 12.4. The molecule has 2 nitrogen and oxygen atoms in total. The summed E-state index contributed by atoms with van der Waals surface area (Å²) in [6, 6.07) is 17.6. The van der Waals surface area contributed by atoms with Crippen LogP contribution < -0.4 is 0 Å². The molecule has 0 aliphatic heterocycles. The van der Waals surface area contributed by atoms with Gasteiger partial charge in [0.2, 0.25) is 0 Å². The Morgan fingerprint density at radius 3 is 2.70 bits per heavy atom. The lowest BCUT2D eigenvalue weighted by Crippen LogP contribution is -2.04. The van der Waals surface area contributed by atoms with Crippen LogP contribution in [0.15, 0.2) is 60.8 Å². The predicted octanol–water partition coefficient (Wildman–Crippen LogP) is 3.97. The summed E-state index contributed by atoms with van der Waals surface area (Å²) in [4.78, 5) is 16.8. The molecule has 1 aromatic heterocycles. The van der Waals surface area contributed by atoms with Crippen LogP contribution in [0.5, 0.6) is 0 Å². The lowest BCUT2D eigenvalue weighted by atomic mass is 9.99. The molecule has 20 heavy (non-hydrogen) atoms. The van der Waals surface area contributed by atoms with Gasteiger partial charge in [-0.2, -0.15) is 0 Å². The van der Waals surface area contributed by atoms with Gasteiger partial charge in [0.15, 0.2) is 5.78 Å². The predicted molar refractivity (Wildman–Crippen MR) is 81.0 cm³/mol. The van der Waals surface area contributed by atoms with E-state index in [4.69, 9.17) is 0 Å². The number of rotatable bonds is 3. The van der Waals surface area contributed by atoms with Crippen LogP contribution in [-0.2, 0) is 6.42 Å². The van der Waals surface area contributed by atoms with Crippen LogP contribution in [0.4, 0.5) is 0 Å². The van der Waals surface area contributed by atoms with Crippen molar-refractivity contribution in [3.8, 4) is 0 Å². The highest BCUT2D eigenvalue weighted by Gasteiger charge is 2.10. The Balaban J connectivity index is 1.95. The van der Waals surface area contributed by atoms with Gasteiger partial charge in [0.25, 0.3) is 0 Å². The number of aromatic nitrogens is 1. The molecule has 0 spiro atoms. The molecule has 0 N–H and O–H groups in total. The summed E-state index contributed by atoms with van der Waals surface area (Å²) >= 11 is 0. The molecule has 0 radical (unpaired) electrons. The standard InChI is InChI=1S/C18H15NO/c1-13-5-2-7-15(11-13)17(20)12-16-8-3-6-14-9-4-10-19-18(14)16/h2-11H,12H2,1H3. The molecule has 0 atom stereocenters. The van der Waals surface area contributed by atoms with Crippen molar-refractivity contribution in [3.05, 3.63) is 77.5 Å². The van der Waals surface area contributed by atoms with Gasteiger partial charge in [-0.25, -0.2) is 0 Å². The van der Waals surface area contributed by atoms with E-state index in [1.54, 1.807) is 6.20 Å². The number of ketones is 1. The Kier molecular flexibility index (Phi) is 3.30. The molecule has 2 heteroatoms. The van der Waals surface area contributed by atoms with Gasteiger partial charge in [0.05, 0.1) is 5.52 Å². The first-order chi connectivity index (χ1) is 9.74. The molecule has 3 rings (SSSR count). The molecule has 0 saturated heterocycles. The van der Waals surface area contributed by atoms with Crippen molar-refractivity contribution in [1.82, 2.24) is 4.98 Å². The van der Waals surface area contributed by atoms with Crippen LogP contribution >= 0.6 is 0 Å². The van der Waals surface area contributed by atoms with E-state index in [1.165, 1.54) is 0 Å². The lowest BCUT2D eigenvalue weighted by Gasteiger charge is -2.06. The summed E-state index contributed by atoms with van der Waals surface area (Å²) in [7, 11) is 0. The first kappa shape index (κ1) is 12.5. The molecule has 98 valence electrons. The van der Waals surface area contributed by atoms with Gasteiger partial charge in [-0.1, -0.05) is 48.0 Å². The smallest absolute Gasteiger partial charge is 0.167 e. The van der Waals surface area contributed by atoms with Crippen LogP contribution in [0, 0.1) is 6.92 Å². The second kappa shape index (κ2) is 5.25. The summed E-state index contributed by atoms with van der Waals surface area (Å²) in [6.45, 7) is 2.00. The Morgan fingerprint density at radius 2 is 1.85 bits per heavy atom. The van der Waals surface area contributed by atoms with Crippen LogP contribution in [0.1, 0.15) is 21.5 Å². The quantitative estimate of drug-likeness (QED) is 0.668. The van der Waals surface area contributed by atoms with Crippen LogP contribution in [0.2, 0.25) is 0 Å². The Bertz CT molecular complexity index is 772. The molecular weight excluding hydrogens is 246 g/mol. The second-order valence-electron chi connectivity index (χ2n) is 4.96. The monoisotopic (exact) mass is 261 g/mol. The van der Waals surface area contributed by atoms with Gasteiger partial charge < -0.3 is 0 Å². The minimum absolute atomic E-state index is 0.131. The molecule has 0 bridgehead atoms. The lowest BCUT2D eigenvalue weighted by molar-refractivity contribution is 0.0993. The number of pyridine rings is 1. The fourth-order valence-electron chi connectivity index (χ4n) is 2.40. The Labute approximate surface area is 118 Å². The third kappa shape index (κ3) is 2.45. The minimum Gasteiger partial charge on any atom is -0.294 e. The summed E-state index contributed by atoms with van der Waals surface area (Å²) in [5.41, 5.74) is 3.76. The average Bonchev–Trinajstić information content (AvgIpc) is 2.47. The maximum Gasteiger partial charge on any atom is 0.167 e. The van der Waals surface area contributed by atoms with E-state index in [9.17, 15) is 4.79 Å². The van der Waals surface area contributed by atoms with Gasteiger partial charge >= 0.3 is 0 Å². The van der Waals surface area contributed by atoms with E-state index in [1.807, 2.05) is 61.5 Å². The first-order valence-electron chi connectivity index (χ1n) is 6.66. The third-order valence-electron chi connectivity index (χ3n) is 3.41. The van der Waals surface area contributed by atoms with E-state index >= 15 is 0 Å². The zero-order valence-corrected chi connectivity index (χ0v) is 11.3. The molecule has 2 aromatic carbocycles. The van der Waals surface area contributed by atoms with Gasteiger partial charge in [-0.3, -0.25) is 9.78 Å². The van der Waals surface area contributed by atoms with Gasteiger partial charge in [-0.05, 0) is 24.6 Å². The zero-order chi connectivity index (χ0) is 13.9. The largest absolute Gasteiger partial charge is 0.294 e. The maximum atomic E-state index is 12.4. The summed E-state index contributed by atoms with van der Waals surface area (Å²) in [5.74, 6) is 0.131. The number of Topliss-reactive ketones (excluding diaryl/α,β-unsaturated/α-hetero) is 1. The third-order valence-corrected chi connectivity index (χ3v) is 3.41. The number of hydrogen-bond donors (Lipinski definition) is 0. The number of nitrogens with zero attached hydrogens (tertiary/aromatic N) is 1. The van der Waals surface area contributed by atoms with E-state index in [0.29, 0.717) is 6.42 Å². The highest BCUT2D eigenvalue weighted by molar-refractivity contribution is 5.99. The molecule has 0 unspecified atom stereocenters. The van der Waals surface area contributed by atoms with Crippen LogP contribution in [0.25, 0.3) is 10.9 Å². The number of carbonyl (C=O) groups excluding carboxylic acids is 1. The fraction of sp³-hybridized carbons (Fsp3) is 0.111. The fourth-order valence-corrected chi connectivity index (χ4v) is 2.40. The van der Waals surface area contributed by atoms with E-state index < -0.39 is 0 Å². The van der Waals surface area contributed by atoms with Crippen molar-refractivity contribution in [2.45, 2.75) is 13.3 Å². The second-order valence-corrected chi connectivity index (χ2v) is 4.96. The Morgan fingerprint density at radius 1 is 1.05 bits per heavy atom. The topological polar surface area (TPSA) is 30.0 Å². The summed E-state index contributed by atoms with van der Waals surface area (Å²) in [6.07, 6.45) is 2.15. The Hall–Kier alpha value is -2.48. The molecule has 0 saturated carbocycles. The normalized spacial score (nSPS) is 10.7. The van der Waals surface area contributed by atoms with E-state index in [2.05, 4.69) is 4.98 Å². The average molecular weight is 261 g/mol. The van der Waals surface area contributed by atoms with E-state index in [0.717, 1.165) is 27.6 Å². The van der Waals surface area contributed by atoms with Gasteiger partial charge in [0, 0.05) is 23.6 Å². The number of fused-ring (bicyclic) bond motifs is 1. The van der Waals surface area contributed by atoms with Crippen LogP contribution in [0.3, 0.4) is 0 Å². The summed E-state index contributed by atoms with van der Waals surface area (Å²) < 4.78 is 0. The van der Waals surface area contributed by atoms with Gasteiger partial charge in [-0.15, -0.1) is 0 Å². The molecule has 0 aliphatic carbocycles. The number of aryl methyl sites for hydroxylation is 1. The SMILES string of the molecule is Cc1cccc(C(=O)Cc2cccc3cccnc23)c1. The minimum atomic E-state index is 0.131. The number of benzene rings is 2. The molecule has 3 aromatic rings. The number of carbonyl (C=O) groups is 1. The highest BCUT2D eigenvalue weighted by atomic mass is 16.1. The van der Waals surface area contributed by atoms with Crippen LogP contribution in [-0.4, -0.2) is 10.8 Å². The molecule has 0 amide bonds.